The van der Waals surface area contributed by atoms with E-state index in [1.807, 2.05) is 6.20 Å². The van der Waals surface area contributed by atoms with Crippen molar-refractivity contribution in [3.8, 4) is 0 Å². The van der Waals surface area contributed by atoms with Gasteiger partial charge in [0.05, 0.1) is 5.69 Å². The molecule has 3 aromatic rings. The van der Waals surface area contributed by atoms with Crippen LogP contribution in [0.5, 0.6) is 0 Å². The summed E-state index contributed by atoms with van der Waals surface area (Å²) in [6, 6.07) is 17.2. The van der Waals surface area contributed by atoms with Crippen LogP contribution in [-0.2, 0) is 0 Å². The van der Waals surface area contributed by atoms with Crippen LogP contribution in [0.3, 0.4) is 0 Å². The lowest BCUT2D eigenvalue weighted by molar-refractivity contribution is 0.577. The molecule has 0 saturated carbocycles. The number of pyridine rings is 1. The number of aromatic nitrogens is 1. The first-order chi connectivity index (χ1) is 12.3. The fourth-order valence-corrected chi connectivity index (χ4v) is 3.67. The lowest BCUT2D eigenvalue weighted by Gasteiger charge is -2.30. The van der Waals surface area contributed by atoms with Crippen molar-refractivity contribution >= 4 is 41.0 Å². The monoisotopic (exact) mass is 364 g/mol. The number of hydrogen-bond donors (Lipinski definition) is 0. The Morgan fingerprint density at radius 3 is 2.54 bits per heavy atom. The highest BCUT2D eigenvalue weighted by atomic mass is 35.5. The molecule has 1 aliphatic heterocycles. The van der Waals surface area contributed by atoms with Gasteiger partial charge in [0, 0.05) is 25.0 Å². The quantitative estimate of drug-likeness (QED) is 0.556. The third-order valence-electron chi connectivity index (χ3n) is 5.05. The van der Waals surface area contributed by atoms with Crippen molar-refractivity contribution in [2.45, 2.75) is 26.2 Å². The smallest absolute Gasteiger partial charge is 0.0650 e. The Balaban J connectivity index is 0.00000196. The van der Waals surface area contributed by atoms with Gasteiger partial charge >= 0.3 is 0 Å². The Hall–Kier alpha value is -2.32. The fraction of sp³-hybridized carbons (Fsp3) is 0.261. The maximum absolute atomic E-state index is 4.62. The van der Waals surface area contributed by atoms with Crippen molar-refractivity contribution in [2.24, 2.45) is 0 Å². The highest BCUT2D eigenvalue weighted by Gasteiger charge is 2.13. The van der Waals surface area contributed by atoms with Gasteiger partial charge in [0.25, 0.3) is 0 Å². The molecule has 0 amide bonds. The summed E-state index contributed by atoms with van der Waals surface area (Å²) in [5.41, 5.74) is 4.87. The molecule has 0 N–H and O–H groups in total. The molecular formula is C23H25ClN2. The first-order valence-electron chi connectivity index (χ1n) is 9.19. The molecule has 1 fully saturated rings. The van der Waals surface area contributed by atoms with Crippen LogP contribution in [0.15, 0.2) is 54.7 Å². The molecule has 0 bridgehead atoms. The van der Waals surface area contributed by atoms with E-state index in [0.29, 0.717) is 0 Å². The number of aryl methyl sites for hydroxylation is 1. The van der Waals surface area contributed by atoms with Crippen molar-refractivity contribution in [3.63, 3.8) is 0 Å². The van der Waals surface area contributed by atoms with Crippen LogP contribution in [0.2, 0.25) is 0 Å². The topological polar surface area (TPSA) is 16.1 Å². The predicted molar refractivity (Wildman–Crippen MR) is 115 cm³/mol. The van der Waals surface area contributed by atoms with Crippen molar-refractivity contribution < 1.29 is 0 Å². The van der Waals surface area contributed by atoms with Gasteiger partial charge in [-0.25, -0.2) is 0 Å². The number of rotatable bonds is 3. The summed E-state index contributed by atoms with van der Waals surface area (Å²) >= 11 is 0. The number of hydrogen-bond acceptors (Lipinski definition) is 2. The summed E-state index contributed by atoms with van der Waals surface area (Å²) in [7, 11) is 0. The summed E-state index contributed by atoms with van der Waals surface area (Å²) in [4.78, 5) is 7.13. The molecule has 4 rings (SSSR count). The molecule has 0 aliphatic carbocycles. The molecular weight excluding hydrogens is 340 g/mol. The van der Waals surface area contributed by atoms with Gasteiger partial charge in [-0.15, -0.1) is 12.4 Å². The molecule has 0 unspecified atom stereocenters. The maximum Gasteiger partial charge on any atom is 0.0650 e. The molecule has 2 heterocycles. The zero-order valence-corrected chi connectivity index (χ0v) is 16.0. The van der Waals surface area contributed by atoms with Crippen molar-refractivity contribution in [1.82, 2.24) is 4.98 Å². The highest BCUT2D eigenvalue weighted by molar-refractivity contribution is 5.92. The molecule has 2 nitrogen and oxygen atoms in total. The minimum atomic E-state index is 0. The van der Waals surface area contributed by atoms with E-state index in [4.69, 9.17) is 0 Å². The van der Waals surface area contributed by atoms with E-state index in [9.17, 15) is 0 Å². The van der Waals surface area contributed by atoms with Crippen LogP contribution in [0.25, 0.3) is 22.9 Å². The molecule has 0 spiro atoms. The molecule has 1 aromatic heterocycles. The number of piperidine rings is 1. The summed E-state index contributed by atoms with van der Waals surface area (Å²) in [6.07, 6.45) is 10.3. The Bertz CT molecular complexity index is 906. The second-order valence-corrected chi connectivity index (χ2v) is 6.85. The van der Waals surface area contributed by atoms with Gasteiger partial charge in [0.15, 0.2) is 0 Å². The van der Waals surface area contributed by atoms with Crippen LogP contribution in [0, 0.1) is 6.92 Å². The fourth-order valence-electron chi connectivity index (χ4n) is 3.67. The first kappa shape index (κ1) is 18.5. The summed E-state index contributed by atoms with van der Waals surface area (Å²) in [6.45, 7) is 4.49. The van der Waals surface area contributed by atoms with Gasteiger partial charge in [-0.3, -0.25) is 4.98 Å². The van der Waals surface area contributed by atoms with Crippen LogP contribution in [-0.4, -0.2) is 18.1 Å². The Morgan fingerprint density at radius 2 is 1.69 bits per heavy atom. The predicted octanol–water partition coefficient (Wildman–Crippen LogP) is 6.13. The zero-order chi connectivity index (χ0) is 17.1. The Kier molecular flexibility index (Phi) is 5.95. The van der Waals surface area contributed by atoms with Crippen molar-refractivity contribution in [3.05, 3.63) is 71.5 Å². The number of nitrogens with zero attached hydrogens (tertiary/aromatic N) is 2. The van der Waals surface area contributed by atoms with Gasteiger partial charge in [-0.05, 0) is 60.2 Å². The normalized spacial score (nSPS) is 14.6. The van der Waals surface area contributed by atoms with Crippen LogP contribution in [0.4, 0.5) is 5.69 Å². The van der Waals surface area contributed by atoms with E-state index < -0.39 is 0 Å². The minimum absolute atomic E-state index is 0. The van der Waals surface area contributed by atoms with Gasteiger partial charge in [-0.1, -0.05) is 48.5 Å². The lowest BCUT2D eigenvalue weighted by atomic mass is 10.0. The van der Waals surface area contributed by atoms with Gasteiger partial charge in [-0.2, -0.15) is 0 Å². The number of benzene rings is 2. The van der Waals surface area contributed by atoms with E-state index in [-0.39, 0.29) is 12.4 Å². The van der Waals surface area contributed by atoms with E-state index in [2.05, 4.69) is 77.5 Å². The second-order valence-electron chi connectivity index (χ2n) is 6.85. The SMILES string of the molecule is Cc1cnc(/C=C\c2cccc3ccccc23)cc1N1CCCCC1.Cl. The molecule has 1 aliphatic rings. The maximum atomic E-state index is 4.62. The molecule has 0 radical (unpaired) electrons. The van der Waals surface area contributed by atoms with Crippen molar-refractivity contribution in [1.29, 1.82) is 0 Å². The lowest BCUT2D eigenvalue weighted by Crippen LogP contribution is -2.30. The average Bonchev–Trinajstić information content (AvgIpc) is 2.68. The van der Waals surface area contributed by atoms with E-state index in [1.54, 1.807) is 0 Å². The van der Waals surface area contributed by atoms with Crippen LogP contribution in [0.1, 0.15) is 36.1 Å². The van der Waals surface area contributed by atoms with Gasteiger partial charge < -0.3 is 4.90 Å². The highest BCUT2D eigenvalue weighted by Crippen LogP contribution is 2.25. The van der Waals surface area contributed by atoms with E-state index >= 15 is 0 Å². The van der Waals surface area contributed by atoms with E-state index in [1.165, 1.54) is 46.8 Å². The Labute approximate surface area is 162 Å². The summed E-state index contributed by atoms with van der Waals surface area (Å²) in [5, 5.41) is 2.56. The third-order valence-corrected chi connectivity index (χ3v) is 5.05. The molecule has 134 valence electrons. The summed E-state index contributed by atoms with van der Waals surface area (Å²) in [5.74, 6) is 0. The van der Waals surface area contributed by atoms with Crippen LogP contribution < -0.4 is 4.90 Å². The van der Waals surface area contributed by atoms with Gasteiger partial charge in [0.2, 0.25) is 0 Å². The molecule has 2 aromatic carbocycles. The summed E-state index contributed by atoms with van der Waals surface area (Å²) < 4.78 is 0. The number of halogens is 1. The average molecular weight is 365 g/mol. The number of fused-ring (bicyclic) bond motifs is 1. The molecule has 1 saturated heterocycles. The van der Waals surface area contributed by atoms with Gasteiger partial charge in [0.1, 0.15) is 0 Å². The first-order valence-corrected chi connectivity index (χ1v) is 9.19. The zero-order valence-electron chi connectivity index (χ0n) is 15.2. The standard InChI is InChI=1S/C23H24N2.ClH/c1-18-17-24-21(16-23(18)25-14-5-2-6-15-25)13-12-20-10-7-9-19-8-3-4-11-22(19)20;/h3-4,7-13,16-17H,2,5-6,14-15H2,1H3;1H/b13-12-;. The largest absolute Gasteiger partial charge is 0.371 e. The van der Waals surface area contributed by atoms with Crippen molar-refractivity contribution in [2.75, 3.05) is 18.0 Å². The molecule has 3 heteroatoms. The molecule has 0 atom stereocenters. The Morgan fingerprint density at radius 1 is 0.923 bits per heavy atom. The minimum Gasteiger partial charge on any atom is -0.371 e. The van der Waals surface area contributed by atoms with Crippen LogP contribution >= 0.6 is 12.4 Å². The third kappa shape index (κ3) is 3.91. The second kappa shape index (κ2) is 8.37. The van der Waals surface area contributed by atoms with E-state index in [0.717, 1.165) is 18.8 Å². The molecule has 26 heavy (non-hydrogen) atoms. The number of anilines is 1.